The number of hydrogen-bond donors (Lipinski definition) is 1. The fourth-order valence-electron chi connectivity index (χ4n) is 10.00. The zero-order valence-corrected chi connectivity index (χ0v) is 31.4. The van der Waals surface area contributed by atoms with E-state index in [-0.39, 0.29) is 24.1 Å². The largest absolute Gasteiger partial charge is 0.372 e. The van der Waals surface area contributed by atoms with Gasteiger partial charge in [-0.1, -0.05) is 66.2 Å². The minimum Gasteiger partial charge on any atom is -0.372 e. The number of anilines is 2. The number of imide groups is 1. The second-order valence-electron chi connectivity index (χ2n) is 16.3. The van der Waals surface area contributed by atoms with Gasteiger partial charge >= 0.3 is 0 Å². The summed E-state index contributed by atoms with van der Waals surface area (Å²) in [5.74, 6) is 0.836. The van der Waals surface area contributed by atoms with Gasteiger partial charge in [0, 0.05) is 81.6 Å². The Hall–Kier alpha value is -4.95. The highest BCUT2D eigenvalue weighted by Crippen LogP contribution is 2.47. The number of hydrogen-bond acceptors (Lipinski definition) is 6. The fourth-order valence-corrected chi connectivity index (χ4v) is 10.00. The van der Waals surface area contributed by atoms with Gasteiger partial charge in [0.15, 0.2) is 0 Å². The van der Waals surface area contributed by atoms with Crippen molar-refractivity contribution in [3.63, 3.8) is 0 Å². The lowest BCUT2D eigenvalue weighted by Crippen LogP contribution is -2.52. The van der Waals surface area contributed by atoms with E-state index < -0.39 is 6.04 Å². The Kier molecular flexibility index (Phi) is 9.48. The maximum absolute atomic E-state index is 13.2. The molecular weight excluding hydrogens is 671 g/mol. The highest BCUT2D eigenvalue weighted by atomic mass is 16.2. The van der Waals surface area contributed by atoms with Crippen LogP contribution in [0.25, 0.3) is 0 Å². The average molecular weight is 722 g/mol. The summed E-state index contributed by atoms with van der Waals surface area (Å²) < 4.78 is 0. The number of benzene rings is 4. The molecule has 1 N–H and O–H groups in total. The molecular formula is C46H51N5O3. The number of fused-ring (bicyclic) bond motifs is 2. The molecule has 3 atom stereocenters. The minimum absolute atomic E-state index is 0.114. The van der Waals surface area contributed by atoms with Gasteiger partial charge in [-0.05, 0) is 109 Å². The molecule has 5 aliphatic rings. The molecule has 0 radical (unpaired) electrons. The number of carbonyl (C=O) groups excluding carboxylic acids is 3. The molecule has 8 nitrogen and oxygen atoms in total. The van der Waals surface area contributed by atoms with E-state index in [1.807, 2.05) is 6.07 Å². The lowest BCUT2D eigenvalue weighted by atomic mass is 9.69. The number of amides is 3. The molecule has 0 spiro atoms. The van der Waals surface area contributed by atoms with Crippen LogP contribution in [0.5, 0.6) is 0 Å². The van der Waals surface area contributed by atoms with E-state index in [1.165, 1.54) is 52.8 Å². The molecule has 278 valence electrons. The summed E-state index contributed by atoms with van der Waals surface area (Å²) in [6.07, 6.45) is 5.41. The molecule has 8 heteroatoms. The van der Waals surface area contributed by atoms with Gasteiger partial charge in [-0.15, -0.1) is 0 Å². The molecule has 9 rings (SSSR count). The molecule has 4 aliphatic heterocycles. The molecule has 3 saturated heterocycles. The Morgan fingerprint density at radius 2 is 1.41 bits per heavy atom. The lowest BCUT2D eigenvalue weighted by Gasteiger charge is -2.40. The summed E-state index contributed by atoms with van der Waals surface area (Å²) in [7, 11) is 0. The van der Waals surface area contributed by atoms with E-state index in [4.69, 9.17) is 0 Å². The van der Waals surface area contributed by atoms with E-state index in [9.17, 15) is 14.4 Å². The van der Waals surface area contributed by atoms with E-state index in [1.54, 1.807) is 4.90 Å². The van der Waals surface area contributed by atoms with Crippen molar-refractivity contribution < 1.29 is 14.4 Å². The van der Waals surface area contributed by atoms with Crippen molar-refractivity contribution in [3.8, 4) is 0 Å². The third-order valence-corrected chi connectivity index (χ3v) is 13.0. The monoisotopic (exact) mass is 721 g/mol. The standard InChI is InChI=1S/C46H51N5O3/c1-31-7-14-40-35(27-31)10-15-39(33-5-3-2-4-6-33)44(40)34-8-11-37(12-9-34)49-21-19-32(20-22-49)29-48-23-25-50(26-24-48)38-13-16-41-36(28-38)30-51(46(41)54)42-17-18-43(52)47-45(42)53/h2-9,11-14,16,27-28,32,39,42,44H,10,15,17-26,29-30H2,1H3,(H,47,52,53)/t39-,42+,44+/m1/s1. The Morgan fingerprint density at radius 1 is 0.667 bits per heavy atom. The summed E-state index contributed by atoms with van der Waals surface area (Å²) in [6.45, 7) is 9.99. The Bertz CT molecular complexity index is 2030. The quantitative estimate of drug-likeness (QED) is 0.216. The zero-order valence-electron chi connectivity index (χ0n) is 31.4. The highest BCUT2D eigenvalue weighted by Gasteiger charge is 2.39. The number of carbonyl (C=O) groups is 3. The van der Waals surface area contributed by atoms with Crippen LogP contribution in [0, 0.1) is 12.8 Å². The van der Waals surface area contributed by atoms with Crippen LogP contribution in [0.2, 0.25) is 0 Å². The molecule has 3 amide bonds. The molecule has 54 heavy (non-hydrogen) atoms. The van der Waals surface area contributed by atoms with Crippen molar-refractivity contribution in [1.29, 1.82) is 0 Å². The number of rotatable bonds is 7. The molecule has 4 heterocycles. The molecule has 0 saturated carbocycles. The molecule has 0 bridgehead atoms. The minimum atomic E-state index is -0.579. The van der Waals surface area contributed by atoms with Gasteiger partial charge in [-0.2, -0.15) is 0 Å². The number of nitrogens with zero attached hydrogens (tertiary/aromatic N) is 4. The number of aryl methyl sites for hydroxylation is 2. The van der Waals surface area contributed by atoms with Crippen molar-refractivity contribution in [1.82, 2.24) is 15.1 Å². The van der Waals surface area contributed by atoms with Crippen LogP contribution < -0.4 is 15.1 Å². The predicted octanol–water partition coefficient (Wildman–Crippen LogP) is 6.66. The predicted molar refractivity (Wildman–Crippen MR) is 213 cm³/mol. The van der Waals surface area contributed by atoms with Crippen LogP contribution in [0.15, 0.2) is 91.0 Å². The van der Waals surface area contributed by atoms with E-state index in [2.05, 4.69) is 112 Å². The van der Waals surface area contributed by atoms with Crippen molar-refractivity contribution in [2.45, 2.75) is 69.9 Å². The van der Waals surface area contributed by atoms with Crippen LogP contribution in [0.4, 0.5) is 11.4 Å². The van der Waals surface area contributed by atoms with E-state index >= 15 is 0 Å². The van der Waals surface area contributed by atoms with Crippen molar-refractivity contribution >= 4 is 29.1 Å². The second kappa shape index (κ2) is 14.7. The van der Waals surface area contributed by atoms with Crippen LogP contribution in [0.3, 0.4) is 0 Å². The SMILES string of the molecule is Cc1ccc2c(c1)CC[C@H](c1ccccc1)[C@@H]2c1ccc(N2CCC(CN3CCN(c4ccc5c(c4)CN([C@H]4CCC(=O)NC4=O)C5=O)CC3)CC2)cc1. The Morgan fingerprint density at radius 3 is 2.17 bits per heavy atom. The summed E-state index contributed by atoms with van der Waals surface area (Å²) in [5.41, 5.74) is 11.4. The van der Waals surface area contributed by atoms with Crippen molar-refractivity contribution in [2.24, 2.45) is 5.92 Å². The molecule has 0 aromatic heterocycles. The van der Waals surface area contributed by atoms with Crippen LogP contribution in [-0.4, -0.2) is 79.4 Å². The van der Waals surface area contributed by atoms with Gasteiger partial charge in [0.1, 0.15) is 6.04 Å². The lowest BCUT2D eigenvalue weighted by molar-refractivity contribution is -0.136. The maximum Gasteiger partial charge on any atom is 0.255 e. The summed E-state index contributed by atoms with van der Waals surface area (Å²) in [5, 5.41) is 2.39. The van der Waals surface area contributed by atoms with Gasteiger partial charge in [0.2, 0.25) is 11.8 Å². The van der Waals surface area contributed by atoms with Gasteiger partial charge in [0.05, 0.1) is 0 Å². The molecule has 3 fully saturated rings. The normalized spacial score (nSPS) is 23.7. The van der Waals surface area contributed by atoms with E-state index in [0.29, 0.717) is 36.3 Å². The zero-order chi connectivity index (χ0) is 36.8. The first kappa shape index (κ1) is 34.8. The Balaban J connectivity index is 0.780. The first-order chi connectivity index (χ1) is 26.4. The van der Waals surface area contributed by atoms with Crippen molar-refractivity contribution in [2.75, 3.05) is 55.6 Å². The highest BCUT2D eigenvalue weighted by molar-refractivity contribution is 6.05. The fraction of sp³-hybridized carbons (Fsp3) is 0.413. The number of nitrogens with one attached hydrogen (secondary N) is 1. The first-order valence-electron chi connectivity index (χ1n) is 20.1. The van der Waals surface area contributed by atoms with Gasteiger partial charge in [-0.3, -0.25) is 24.6 Å². The van der Waals surface area contributed by atoms with Crippen LogP contribution in [-0.2, 0) is 22.6 Å². The second-order valence-corrected chi connectivity index (χ2v) is 16.3. The van der Waals surface area contributed by atoms with Crippen LogP contribution >= 0.6 is 0 Å². The van der Waals surface area contributed by atoms with Gasteiger partial charge < -0.3 is 14.7 Å². The van der Waals surface area contributed by atoms with Gasteiger partial charge in [-0.25, -0.2) is 0 Å². The third-order valence-electron chi connectivity index (χ3n) is 13.0. The maximum atomic E-state index is 13.2. The smallest absolute Gasteiger partial charge is 0.255 e. The topological polar surface area (TPSA) is 76.2 Å². The van der Waals surface area contributed by atoms with Crippen molar-refractivity contribution in [3.05, 3.63) is 130 Å². The van der Waals surface area contributed by atoms with Crippen LogP contribution in [0.1, 0.15) is 87.7 Å². The molecule has 1 aliphatic carbocycles. The number of piperidine rings is 2. The average Bonchev–Trinajstić information content (AvgIpc) is 3.53. The Labute approximate surface area is 319 Å². The first-order valence-corrected chi connectivity index (χ1v) is 20.1. The summed E-state index contributed by atoms with van der Waals surface area (Å²) in [4.78, 5) is 46.5. The molecule has 4 aromatic carbocycles. The molecule has 0 unspecified atom stereocenters. The molecule has 4 aromatic rings. The third kappa shape index (κ3) is 6.81. The number of piperazine rings is 1. The summed E-state index contributed by atoms with van der Waals surface area (Å²) in [6, 6.07) is 33.3. The van der Waals surface area contributed by atoms with E-state index in [0.717, 1.165) is 63.5 Å². The van der Waals surface area contributed by atoms with Gasteiger partial charge in [0.25, 0.3) is 5.91 Å². The summed E-state index contributed by atoms with van der Waals surface area (Å²) >= 11 is 0.